The van der Waals surface area contributed by atoms with E-state index in [1.807, 2.05) is 0 Å². The molecule has 0 amide bonds. The largest absolute Gasteiger partial charge is 0.388 e. The fourth-order valence-corrected chi connectivity index (χ4v) is 3.37. The maximum Gasteiger partial charge on any atom is 0.114 e. The molecule has 0 bridgehead atoms. The second-order valence-corrected chi connectivity index (χ2v) is 7.73. The Balaban J connectivity index is 1.79. The van der Waals surface area contributed by atoms with Gasteiger partial charge in [0, 0.05) is 6.61 Å². The topological polar surface area (TPSA) is 79.2 Å². The van der Waals surface area contributed by atoms with E-state index in [4.69, 9.17) is 9.47 Å². The molecule has 5 nitrogen and oxygen atoms in total. The van der Waals surface area contributed by atoms with Crippen LogP contribution in [0.3, 0.4) is 0 Å². The predicted molar refractivity (Wildman–Crippen MR) is 109 cm³/mol. The van der Waals surface area contributed by atoms with E-state index in [0.29, 0.717) is 6.61 Å². The Morgan fingerprint density at radius 2 is 1.52 bits per heavy atom. The van der Waals surface area contributed by atoms with E-state index in [-0.39, 0.29) is 13.2 Å². The quantitative estimate of drug-likeness (QED) is 0.262. The first-order valence-electron chi connectivity index (χ1n) is 11.0. The van der Waals surface area contributed by atoms with Crippen molar-refractivity contribution in [2.45, 2.75) is 108 Å². The molecule has 1 aliphatic rings. The molecule has 0 aromatic carbocycles. The van der Waals surface area contributed by atoms with Gasteiger partial charge in [0.1, 0.15) is 24.4 Å². The van der Waals surface area contributed by atoms with Gasteiger partial charge in [-0.15, -0.1) is 0 Å². The summed E-state index contributed by atoms with van der Waals surface area (Å²) in [5.41, 5.74) is 0. The SMILES string of the molecule is CCC/C=C/CCCCCCCCCCCOC[C@H](O)[C@H]1OC[C@@H](O)[C@H]1O. The van der Waals surface area contributed by atoms with Gasteiger partial charge >= 0.3 is 0 Å². The van der Waals surface area contributed by atoms with Gasteiger partial charge < -0.3 is 24.8 Å². The van der Waals surface area contributed by atoms with E-state index in [1.165, 1.54) is 64.2 Å². The number of ether oxygens (including phenoxy) is 2. The lowest BCUT2D eigenvalue weighted by atomic mass is 10.1. The standard InChI is InChI=1S/C22H42O5/c1-2-3-4-5-6-7-8-9-10-11-12-13-14-15-16-26-17-20(24)22-21(25)19(23)18-27-22/h4-5,19-25H,2-3,6-18H2,1H3/b5-4+/t19-,20+,21-,22-/m1/s1. The highest BCUT2D eigenvalue weighted by Crippen LogP contribution is 2.18. The molecule has 4 atom stereocenters. The summed E-state index contributed by atoms with van der Waals surface area (Å²) in [6.07, 6.45) is 16.1. The van der Waals surface area contributed by atoms with Crippen LogP contribution in [0.4, 0.5) is 0 Å². The van der Waals surface area contributed by atoms with Gasteiger partial charge in [-0.3, -0.25) is 0 Å². The lowest BCUT2D eigenvalue weighted by molar-refractivity contribution is -0.0813. The summed E-state index contributed by atoms with van der Waals surface area (Å²) in [5.74, 6) is 0. The van der Waals surface area contributed by atoms with E-state index in [1.54, 1.807) is 0 Å². The summed E-state index contributed by atoms with van der Waals surface area (Å²) in [6, 6.07) is 0. The molecule has 1 rings (SSSR count). The number of rotatable bonds is 17. The van der Waals surface area contributed by atoms with Crippen molar-refractivity contribution in [1.29, 1.82) is 0 Å². The molecule has 0 radical (unpaired) electrons. The average molecular weight is 387 g/mol. The maximum absolute atomic E-state index is 9.93. The van der Waals surface area contributed by atoms with Crippen molar-refractivity contribution < 1.29 is 24.8 Å². The van der Waals surface area contributed by atoms with Gasteiger partial charge in [0.2, 0.25) is 0 Å². The van der Waals surface area contributed by atoms with Crippen LogP contribution in [0, 0.1) is 0 Å². The molecule has 3 N–H and O–H groups in total. The van der Waals surface area contributed by atoms with Gasteiger partial charge in [-0.05, 0) is 25.7 Å². The van der Waals surface area contributed by atoms with Crippen molar-refractivity contribution in [3.63, 3.8) is 0 Å². The minimum atomic E-state index is -1.03. The lowest BCUT2D eigenvalue weighted by Crippen LogP contribution is -2.40. The molecule has 0 unspecified atom stereocenters. The maximum atomic E-state index is 9.93. The molecule has 160 valence electrons. The third-order valence-corrected chi connectivity index (χ3v) is 5.14. The van der Waals surface area contributed by atoms with E-state index >= 15 is 0 Å². The third-order valence-electron chi connectivity index (χ3n) is 5.14. The normalized spacial score (nSPS) is 24.1. The first kappa shape index (κ1) is 24.6. The fraction of sp³-hybridized carbons (Fsp3) is 0.909. The Labute approximate surface area is 165 Å². The Morgan fingerprint density at radius 3 is 2.11 bits per heavy atom. The number of hydrogen-bond acceptors (Lipinski definition) is 5. The summed E-state index contributed by atoms with van der Waals surface area (Å²) in [4.78, 5) is 0. The van der Waals surface area contributed by atoms with Crippen molar-refractivity contribution in [3.05, 3.63) is 12.2 Å². The molecule has 1 saturated heterocycles. The minimum Gasteiger partial charge on any atom is -0.388 e. The van der Waals surface area contributed by atoms with Gasteiger partial charge in [-0.1, -0.05) is 70.4 Å². The van der Waals surface area contributed by atoms with Crippen molar-refractivity contribution in [2.75, 3.05) is 19.8 Å². The number of aliphatic hydroxyl groups is 3. The van der Waals surface area contributed by atoms with Crippen LogP contribution in [-0.2, 0) is 9.47 Å². The number of unbranched alkanes of at least 4 members (excludes halogenated alkanes) is 10. The molecule has 0 aromatic heterocycles. The van der Waals surface area contributed by atoms with Crippen LogP contribution in [0.1, 0.15) is 84.0 Å². The molecule has 0 spiro atoms. The van der Waals surface area contributed by atoms with Crippen molar-refractivity contribution in [3.8, 4) is 0 Å². The van der Waals surface area contributed by atoms with Gasteiger partial charge in [-0.2, -0.15) is 0 Å². The highest BCUT2D eigenvalue weighted by Gasteiger charge is 2.39. The molecule has 0 aliphatic carbocycles. The summed E-state index contributed by atoms with van der Waals surface area (Å²) in [7, 11) is 0. The summed E-state index contributed by atoms with van der Waals surface area (Å²) >= 11 is 0. The van der Waals surface area contributed by atoms with E-state index < -0.39 is 24.4 Å². The molecule has 1 fully saturated rings. The average Bonchev–Trinajstić information content (AvgIpc) is 3.00. The van der Waals surface area contributed by atoms with Crippen LogP contribution in [0.2, 0.25) is 0 Å². The zero-order chi connectivity index (χ0) is 19.7. The second kappa shape index (κ2) is 16.5. The Morgan fingerprint density at radius 1 is 0.926 bits per heavy atom. The van der Waals surface area contributed by atoms with Crippen LogP contribution in [0.15, 0.2) is 12.2 Å². The predicted octanol–water partition coefficient (Wildman–Crippen LogP) is 3.74. The third kappa shape index (κ3) is 11.9. The Hall–Kier alpha value is -0.460. The number of allylic oxidation sites excluding steroid dienone is 2. The highest BCUT2D eigenvalue weighted by atomic mass is 16.5. The van der Waals surface area contributed by atoms with Gasteiger partial charge in [0.25, 0.3) is 0 Å². The molecular weight excluding hydrogens is 344 g/mol. The zero-order valence-electron chi connectivity index (χ0n) is 17.2. The van der Waals surface area contributed by atoms with Gasteiger partial charge in [-0.25, -0.2) is 0 Å². The van der Waals surface area contributed by atoms with E-state index in [9.17, 15) is 15.3 Å². The molecular formula is C22H42O5. The molecule has 5 heteroatoms. The van der Waals surface area contributed by atoms with Crippen molar-refractivity contribution in [2.24, 2.45) is 0 Å². The molecule has 1 aliphatic heterocycles. The Bertz CT molecular complexity index is 361. The van der Waals surface area contributed by atoms with Crippen LogP contribution >= 0.6 is 0 Å². The summed E-state index contributed by atoms with van der Waals surface area (Å²) in [5, 5.41) is 29.0. The second-order valence-electron chi connectivity index (χ2n) is 7.73. The van der Waals surface area contributed by atoms with Crippen molar-refractivity contribution >= 4 is 0 Å². The molecule has 27 heavy (non-hydrogen) atoms. The Kier molecular flexibility index (Phi) is 15.0. The van der Waals surface area contributed by atoms with Crippen LogP contribution in [0.5, 0.6) is 0 Å². The molecule has 0 saturated carbocycles. The molecule has 1 heterocycles. The zero-order valence-corrected chi connectivity index (χ0v) is 17.2. The van der Waals surface area contributed by atoms with Gasteiger partial charge in [0.15, 0.2) is 0 Å². The van der Waals surface area contributed by atoms with Crippen LogP contribution in [0.25, 0.3) is 0 Å². The van der Waals surface area contributed by atoms with E-state index in [0.717, 1.165) is 12.8 Å². The summed E-state index contributed by atoms with van der Waals surface area (Å²) in [6.45, 7) is 3.04. The highest BCUT2D eigenvalue weighted by molar-refractivity contribution is 4.87. The van der Waals surface area contributed by atoms with Crippen LogP contribution in [-0.4, -0.2) is 59.6 Å². The minimum absolute atomic E-state index is 0.0684. The molecule has 0 aromatic rings. The first-order valence-corrected chi connectivity index (χ1v) is 11.0. The van der Waals surface area contributed by atoms with Crippen molar-refractivity contribution in [1.82, 2.24) is 0 Å². The van der Waals surface area contributed by atoms with Crippen LogP contribution < -0.4 is 0 Å². The van der Waals surface area contributed by atoms with Gasteiger partial charge in [0.05, 0.1) is 13.2 Å². The number of aliphatic hydroxyl groups excluding tert-OH is 3. The summed E-state index contributed by atoms with van der Waals surface area (Å²) < 4.78 is 10.7. The monoisotopic (exact) mass is 386 g/mol. The fourth-order valence-electron chi connectivity index (χ4n) is 3.37. The smallest absolute Gasteiger partial charge is 0.114 e. The first-order chi connectivity index (χ1) is 13.2. The number of hydrogen-bond donors (Lipinski definition) is 3. The lowest BCUT2D eigenvalue weighted by Gasteiger charge is -2.20. The van der Waals surface area contributed by atoms with E-state index in [2.05, 4.69) is 19.1 Å².